The largest absolute Gasteiger partial charge is 0.478 e. The fourth-order valence-corrected chi connectivity index (χ4v) is 2.12. The maximum absolute atomic E-state index is 12.0. The van der Waals surface area contributed by atoms with Gasteiger partial charge in [0.05, 0.1) is 11.7 Å². The van der Waals surface area contributed by atoms with E-state index in [-0.39, 0.29) is 23.9 Å². The Morgan fingerprint density at radius 2 is 1.85 bits per heavy atom. The Labute approximate surface area is 151 Å². The first-order valence-corrected chi connectivity index (χ1v) is 8.17. The number of anilines is 1. The highest BCUT2D eigenvalue weighted by atomic mass is 16.5. The van der Waals surface area contributed by atoms with Crippen molar-refractivity contribution in [3.63, 3.8) is 0 Å². The number of aryl methyl sites for hydroxylation is 2. The van der Waals surface area contributed by atoms with Crippen molar-refractivity contribution < 1.29 is 19.1 Å². The van der Waals surface area contributed by atoms with Crippen molar-refractivity contribution in [1.82, 2.24) is 4.57 Å². The first-order valence-electron chi connectivity index (χ1n) is 8.17. The van der Waals surface area contributed by atoms with E-state index in [0.717, 1.165) is 5.69 Å². The van der Waals surface area contributed by atoms with Gasteiger partial charge in [-0.25, -0.2) is 4.79 Å². The third kappa shape index (κ3) is 5.20. The number of aromatic nitrogens is 1. The van der Waals surface area contributed by atoms with Crippen LogP contribution < -0.4 is 15.5 Å². The molecule has 0 saturated carbocycles. The summed E-state index contributed by atoms with van der Waals surface area (Å²) in [6.45, 7) is 5.05. The molecule has 2 rings (SSSR count). The number of esters is 1. The number of benzene rings is 1. The van der Waals surface area contributed by atoms with Gasteiger partial charge < -0.3 is 19.4 Å². The van der Waals surface area contributed by atoms with E-state index in [0.29, 0.717) is 11.3 Å². The van der Waals surface area contributed by atoms with Crippen LogP contribution in [0.25, 0.3) is 0 Å². The lowest BCUT2D eigenvalue weighted by atomic mass is 10.2. The van der Waals surface area contributed by atoms with Crippen molar-refractivity contribution >= 4 is 17.6 Å². The summed E-state index contributed by atoms with van der Waals surface area (Å²) < 4.78 is 12.1. The minimum atomic E-state index is -0.420. The van der Waals surface area contributed by atoms with E-state index in [1.54, 1.807) is 62.8 Å². The maximum Gasteiger partial charge on any atom is 0.338 e. The van der Waals surface area contributed by atoms with Crippen molar-refractivity contribution in [1.29, 1.82) is 0 Å². The Morgan fingerprint density at radius 3 is 2.46 bits per heavy atom. The number of carbonyl (C=O) groups is 2. The Balaban J connectivity index is 1.93. The molecule has 0 atom stereocenters. The smallest absolute Gasteiger partial charge is 0.338 e. The number of rotatable bonds is 6. The zero-order valence-corrected chi connectivity index (χ0v) is 15.2. The summed E-state index contributed by atoms with van der Waals surface area (Å²) in [5.74, 6) is -0.721. The fourth-order valence-electron chi connectivity index (χ4n) is 2.12. The molecule has 0 saturated heterocycles. The molecule has 0 aliphatic carbocycles. The highest BCUT2D eigenvalue weighted by molar-refractivity contribution is 5.93. The summed E-state index contributed by atoms with van der Waals surface area (Å²) in [7, 11) is 1.79. The fraction of sp³-hybridized carbons (Fsp3) is 0.316. The Hall–Kier alpha value is -3.09. The lowest BCUT2D eigenvalue weighted by molar-refractivity contribution is -0.118. The van der Waals surface area contributed by atoms with Crippen molar-refractivity contribution in [2.45, 2.75) is 26.9 Å². The van der Waals surface area contributed by atoms with Crippen LogP contribution in [0.3, 0.4) is 0 Å². The molecule has 1 aromatic heterocycles. The topological polar surface area (TPSA) is 86.6 Å². The molecule has 0 spiro atoms. The van der Waals surface area contributed by atoms with Crippen molar-refractivity contribution in [2.24, 2.45) is 7.05 Å². The van der Waals surface area contributed by atoms with E-state index in [4.69, 9.17) is 9.47 Å². The molecular weight excluding hydrogens is 336 g/mol. The second-order valence-corrected chi connectivity index (χ2v) is 6.12. The molecule has 1 amide bonds. The van der Waals surface area contributed by atoms with Gasteiger partial charge in [-0.05, 0) is 45.0 Å². The number of pyridine rings is 1. The van der Waals surface area contributed by atoms with E-state index in [1.165, 1.54) is 6.07 Å². The first-order chi connectivity index (χ1) is 12.3. The molecule has 0 unspecified atom stereocenters. The highest BCUT2D eigenvalue weighted by Crippen LogP contribution is 2.12. The molecule has 0 radical (unpaired) electrons. The predicted octanol–water partition coefficient (Wildman–Crippen LogP) is 2.28. The summed E-state index contributed by atoms with van der Waals surface area (Å²) in [6.07, 6.45) is 1.34. The van der Waals surface area contributed by atoms with E-state index in [1.807, 2.05) is 0 Å². The third-order valence-corrected chi connectivity index (χ3v) is 3.56. The predicted molar refractivity (Wildman–Crippen MR) is 97.5 cm³/mol. The number of amides is 1. The molecule has 138 valence electrons. The monoisotopic (exact) mass is 358 g/mol. The van der Waals surface area contributed by atoms with Gasteiger partial charge in [0.25, 0.3) is 5.91 Å². The highest BCUT2D eigenvalue weighted by Gasteiger charge is 2.10. The van der Waals surface area contributed by atoms with Crippen LogP contribution in [0.15, 0.2) is 41.3 Å². The summed E-state index contributed by atoms with van der Waals surface area (Å²) >= 11 is 0. The van der Waals surface area contributed by atoms with E-state index < -0.39 is 11.9 Å². The average Bonchev–Trinajstić information content (AvgIpc) is 2.57. The lowest BCUT2D eigenvalue weighted by Crippen LogP contribution is -2.22. The third-order valence-electron chi connectivity index (χ3n) is 3.56. The number of nitrogens with zero attached hydrogens (tertiary/aromatic N) is 1. The van der Waals surface area contributed by atoms with Gasteiger partial charge in [0.2, 0.25) is 5.43 Å². The standard InChI is InChI=1S/C19H22N2O5/c1-12(2)26-19(24)14-5-7-15(8-6-14)20-18(23)11-25-17-10-21(4)13(3)9-16(17)22/h5-10,12H,11H2,1-4H3,(H,20,23). The molecule has 0 aliphatic rings. The Bertz CT molecular complexity index is 853. The molecule has 26 heavy (non-hydrogen) atoms. The van der Waals surface area contributed by atoms with Crippen LogP contribution in [0.1, 0.15) is 29.9 Å². The van der Waals surface area contributed by atoms with Gasteiger partial charge in [0.15, 0.2) is 12.4 Å². The number of hydrogen-bond acceptors (Lipinski definition) is 5. The first kappa shape index (κ1) is 19.2. The van der Waals surface area contributed by atoms with Crippen LogP contribution in [-0.4, -0.2) is 29.2 Å². The molecule has 7 nitrogen and oxygen atoms in total. The molecule has 0 aliphatic heterocycles. The van der Waals surface area contributed by atoms with Crippen LogP contribution in [0, 0.1) is 6.92 Å². The van der Waals surface area contributed by atoms with Crippen LogP contribution >= 0.6 is 0 Å². The summed E-state index contributed by atoms with van der Waals surface area (Å²) in [5.41, 5.74) is 1.43. The van der Waals surface area contributed by atoms with Crippen LogP contribution in [0.5, 0.6) is 5.75 Å². The second-order valence-electron chi connectivity index (χ2n) is 6.12. The number of nitrogens with one attached hydrogen (secondary N) is 1. The van der Waals surface area contributed by atoms with Gasteiger partial charge in [0.1, 0.15) is 0 Å². The minimum absolute atomic E-state index is 0.111. The van der Waals surface area contributed by atoms with E-state index >= 15 is 0 Å². The molecule has 0 bridgehead atoms. The molecule has 1 N–H and O–H groups in total. The lowest BCUT2D eigenvalue weighted by Gasteiger charge is -2.10. The molecule has 1 aromatic carbocycles. The molecule has 7 heteroatoms. The number of ether oxygens (including phenoxy) is 2. The summed E-state index contributed by atoms with van der Waals surface area (Å²) in [6, 6.07) is 7.77. The molecule has 0 fully saturated rings. The van der Waals surface area contributed by atoms with Crippen molar-refractivity contribution in [3.05, 3.63) is 58.0 Å². The minimum Gasteiger partial charge on any atom is -0.478 e. The van der Waals surface area contributed by atoms with Gasteiger partial charge in [-0.2, -0.15) is 0 Å². The SMILES string of the molecule is Cc1cc(=O)c(OCC(=O)Nc2ccc(C(=O)OC(C)C)cc2)cn1C. The molecule has 2 aromatic rings. The Morgan fingerprint density at radius 1 is 1.19 bits per heavy atom. The Kier molecular flexibility index (Phi) is 6.16. The van der Waals surface area contributed by atoms with Crippen molar-refractivity contribution in [2.75, 3.05) is 11.9 Å². The summed E-state index contributed by atoms with van der Waals surface area (Å²) in [4.78, 5) is 35.6. The molecule has 1 heterocycles. The normalized spacial score (nSPS) is 10.5. The van der Waals surface area contributed by atoms with Gasteiger partial charge in [-0.1, -0.05) is 0 Å². The molecular formula is C19H22N2O5. The number of carbonyl (C=O) groups excluding carboxylic acids is 2. The van der Waals surface area contributed by atoms with Crippen molar-refractivity contribution in [3.8, 4) is 5.75 Å². The summed E-state index contributed by atoms with van der Waals surface area (Å²) in [5, 5.41) is 2.64. The van der Waals surface area contributed by atoms with Gasteiger partial charge in [-0.15, -0.1) is 0 Å². The average molecular weight is 358 g/mol. The maximum atomic E-state index is 12.0. The van der Waals surface area contributed by atoms with Crippen LogP contribution in [0.4, 0.5) is 5.69 Å². The van der Waals surface area contributed by atoms with Gasteiger partial charge in [-0.3, -0.25) is 9.59 Å². The van der Waals surface area contributed by atoms with E-state index in [9.17, 15) is 14.4 Å². The number of hydrogen-bond donors (Lipinski definition) is 1. The van der Waals surface area contributed by atoms with Gasteiger partial charge >= 0.3 is 5.97 Å². The quantitative estimate of drug-likeness (QED) is 0.801. The van der Waals surface area contributed by atoms with E-state index in [2.05, 4.69) is 5.32 Å². The van der Waals surface area contributed by atoms with Crippen LogP contribution in [0.2, 0.25) is 0 Å². The second kappa shape index (κ2) is 8.33. The zero-order valence-electron chi connectivity index (χ0n) is 15.2. The van der Waals surface area contributed by atoms with Gasteiger partial charge in [0, 0.05) is 30.7 Å². The zero-order chi connectivity index (χ0) is 19.3. The van der Waals surface area contributed by atoms with Crippen LogP contribution in [-0.2, 0) is 16.6 Å².